The number of ether oxygens (including phenoxy) is 2. The zero-order valence-electron chi connectivity index (χ0n) is 14.6. The number of nitro groups is 1. The second-order valence-electron chi connectivity index (χ2n) is 5.07. The molecule has 0 saturated carbocycles. The first-order valence-corrected chi connectivity index (χ1v) is 9.64. The number of benzene rings is 1. The Morgan fingerprint density at radius 3 is 2.85 bits per heavy atom. The molecule has 2 aromatic rings. The van der Waals surface area contributed by atoms with Crippen molar-refractivity contribution in [2.75, 3.05) is 24.8 Å². The second-order valence-corrected chi connectivity index (χ2v) is 7.15. The number of anilines is 1. The average Bonchev–Trinajstić information content (AvgIpc) is 3.07. The third-order valence-electron chi connectivity index (χ3n) is 3.16. The van der Waals surface area contributed by atoms with Crippen molar-refractivity contribution in [1.82, 2.24) is 4.98 Å². The maximum absolute atomic E-state index is 12.1. The fourth-order valence-electron chi connectivity index (χ4n) is 2.01. The first-order valence-electron chi connectivity index (χ1n) is 7.78. The summed E-state index contributed by atoms with van der Waals surface area (Å²) in [6.45, 7) is 2.05. The lowest BCUT2D eigenvalue weighted by Crippen LogP contribution is -2.14. The van der Waals surface area contributed by atoms with Gasteiger partial charge in [-0.05, 0) is 13.0 Å². The van der Waals surface area contributed by atoms with Gasteiger partial charge in [-0.1, -0.05) is 11.8 Å². The molecule has 0 radical (unpaired) electrons. The molecule has 0 atom stereocenters. The summed E-state index contributed by atoms with van der Waals surface area (Å²) in [5.41, 5.74) is 0.811. The van der Waals surface area contributed by atoms with Crippen LogP contribution in [0.4, 0.5) is 11.4 Å². The van der Waals surface area contributed by atoms with E-state index in [-0.39, 0.29) is 35.5 Å². The van der Waals surface area contributed by atoms with Crippen LogP contribution in [0.15, 0.2) is 27.9 Å². The number of nitrogens with zero attached hydrogens (tertiary/aromatic N) is 2. The molecule has 1 amide bonds. The maximum Gasteiger partial charge on any atom is 0.311 e. The summed E-state index contributed by atoms with van der Waals surface area (Å²) < 4.78 is 10.6. The van der Waals surface area contributed by atoms with E-state index in [1.54, 1.807) is 12.3 Å². The van der Waals surface area contributed by atoms with Crippen molar-refractivity contribution in [3.8, 4) is 5.75 Å². The van der Waals surface area contributed by atoms with E-state index in [1.165, 1.54) is 48.4 Å². The molecule has 0 fully saturated rings. The molecule has 0 unspecified atom stereocenters. The number of non-ortho nitro benzene ring substituents is 1. The molecule has 0 aliphatic heterocycles. The number of nitro benzene ring substituents is 1. The molecule has 1 heterocycles. The summed E-state index contributed by atoms with van der Waals surface area (Å²) in [6, 6.07) is 3.94. The van der Waals surface area contributed by atoms with Gasteiger partial charge in [0.1, 0.15) is 5.75 Å². The van der Waals surface area contributed by atoms with Gasteiger partial charge in [0.2, 0.25) is 5.91 Å². The molecule has 0 aliphatic rings. The highest BCUT2D eigenvalue weighted by molar-refractivity contribution is 8.01. The smallest absolute Gasteiger partial charge is 0.311 e. The Hall–Kier alpha value is -2.66. The second kappa shape index (κ2) is 9.88. The molecule has 9 nitrogen and oxygen atoms in total. The van der Waals surface area contributed by atoms with E-state index in [0.717, 1.165) is 0 Å². The normalized spacial score (nSPS) is 10.3. The van der Waals surface area contributed by atoms with E-state index in [1.807, 2.05) is 0 Å². The topological polar surface area (TPSA) is 121 Å². The molecule has 2 rings (SSSR count). The number of hydrogen-bond donors (Lipinski definition) is 1. The molecule has 1 N–H and O–H groups in total. The number of methoxy groups -OCH3 is 1. The minimum atomic E-state index is -0.541. The van der Waals surface area contributed by atoms with Crippen molar-refractivity contribution in [2.45, 2.75) is 17.7 Å². The number of rotatable bonds is 9. The van der Waals surface area contributed by atoms with Gasteiger partial charge < -0.3 is 14.8 Å². The predicted molar refractivity (Wildman–Crippen MR) is 101 cm³/mol. The van der Waals surface area contributed by atoms with Crippen LogP contribution in [0.2, 0.25) is 0 Å². The Morgan fingerprint density at radius 1 is 1.41 bits per heavy atom. The molecular formula is C16H17N3O6S2. The highest BCUT2D eigenvalue weighted by Crippen LogP contribution is 2.29. The van der Waals surface area contributed by atoms with Crippen LogP contribution in [0.1, 0.15) is 12.6 Å². The van der Waals surface area contributed by atoms with Gasteiger partial charge in [-0.2, -0.15) is 0 Å². The van der Waals surface area contributed by atoms with Gasteiger partial charge in [-0.15, -0.1) is 11.3 Å². The molecule has 11 heteroatoms. The Bertz CT molecular complexity index is 839. The van der Waals surface area contributed by atoms with Gasteiger partial charge in [-0.3, -0.25) is 19.7 Å². The fourth-order valence-corrected chi connectivity index (χ4v) is 3.65. The Balaban J connectivity index is 1.90. The zero-order valence-corrected chi connectivity index (χ0v) is 16.2. The quantitative estimate of drug-likeness (QED) is 0.289. The van der Waals surface area contributed by atoms with E-state index in [9.17, 15) is 19.7 Å². The number of nitrogens with one attached hydrogen (secondary N) is 1. The van der Waals surface area contributed by atoms with Gasteiger partial charge in [0, 0.05) is 11.4 Å². The molecule has 0 spiro atoms. The number of esters is 1. The number of thiazole rings is 1. The lowest BCUT2D eigenvalue weighted by molar-refractivity contribution is -0.384. The monoisotopic (exact) mass is 411 g/mol. The SMILES string of the molecule is CCOC(=O)Cc1csc(SCC(=O)Nc2ccc([N+](=O)[O-])cc2OC)n1. The van der Waals surface area contributed by atoms with Crippen molar-refractivity contribution < 1.29 is 24.0 Å². The van der Waals surface area contributed by atoms with Crippen LogP contribution in [-0.2, 0) is 20.7 Å². The van der Waals surface area contributed by atoms with E-state index >= 15 is 0 Å². The van der Waals surface area contributed by atoms with Gasteiger partial charge in [-0.25, -0.2) is 4.98 Å². The Morgan fingerprint density at radius 2 is 2.19 bits per heavy atom. The standard InChI is InChI=1S/C16H17N3O6S2/c1-3-25-15(21)6-10-8-26-16(17-10)27-9-14(20)18-12-5-4-11(19(22)23)7-13(12)24-2/h4-5,7-8H,3,6,9H2,1-2H3,(H,18,20). The number of aromatic nitrogens is 1. The molecule has 144 valence electrons. The minimum absolute atomic E-state index is 0.0898. The first-order chi connectivity index (χ1) is 12.9. The van der Waals surface area contributed by atoms with Crippen LogP contribution >= 0.6 is 23.1 Å². The van der Waals surface area contributed by atoms with Crippen LogP contribution in [-0.4, -0.2) is 41.3 Å². The first kappa shape index (κ1) is 20.6. The van der Waals surface area contributed by atoms with Crippen LogP contribution in [0, 0.1) is 10.1 Å². The van der Waals surface area contributed by atoms with Crippen molar-refractivity contribution in [3.63, 3.8) is 0 Å². The summed E-state index contributed by atoms with van der Waals surface area (Å²) in [5.74, 6) is -0.364. The number of amides is 1. The largest absolute Gasteiger partial charge is 0.494 e. The third-order valence-corrected chi connectivity index (χ3v) is 5.23. The van der Waals surface area contributed by atoms with Crippen molar-refractivity contribution in [1.29, 1.82) is 0 Å². The summed E-state index contributed by atoms with van der Waals surface area (Å²) >= 11 is 2.56. The number of thioether (sulfide) groups is 1. The van der Waals surface area contributed by atoms with Gasteiger partial charge in [0.15, 0.2) is 4.34 Å². The lowest BCUT2D eigenvalue weighted by Gasteiger charge is -2.09. The van der Waals surface area contributed by atoms with Crippen molar-refractivity contribution >= 4 is 46.3 Å². The summed E-state index contributed by atoms with van der Waals surface area (Å²) in [4.78, 5) is 38.1. The van der Waals surface area contributed by atoms with E-state index in [0.29, 0.717) is 22.3 Å². The number of hydrogen-bond acceptors (Lipinski definition) is 9. The number of carbonyl (C=O) groups excluding carboxylic acids is 2. The van der Waals surface area contributed by atoms with Crippen LogP contribution in [0.5, 0.6) is 5.75 Å². The van der Waals surface area contributed by atoms with Gasteiger partial charge in [0.25, 0.3) is 5.69 Å². The fraction of sp³-hybridized carbons (Fsp3) is 0.312. The molecular weight excluding hydrogens is 394 g/mol. The number of carbonyl (C=O) groups is 2. The molecule has 0 saturated heterocycles. The summed E-state index contributed by atoms with van der Waals surface area (Å²) in [7, 11) is 1.37. The maximum atomic E-state index is 12.1. The van der Waals surface area contributed by atoms with Gasteiger partial charge >= 0.3 is 5.97 Å². The van der Waals surface area contributed by atoms with Crippen LogP contribution in [0.3, 0.4) is 0 Å². The Labute approximate surface area is 163 Å². The van der Waals surface area contributed by atoms with E-state index in [2.05, 4.69) is 10.3 Å². The van der Waals surface area contributed by atoms with Crippen LogP contribution in [0.25, 0.3) is 0 Å². The minimum Gasteiger partial charge on any atom is -0.494 e. The van der Waals surface area contributed by atoms with E-state index < -0.39 is 4.92 Å². The Kier molecular flexibility index (Phi) is 7.55. The third kappa shape index (κ3) is 6.22. The average molecular weight is 411 g/mol. The highest BCUT2D eigenvalue weighted by atomic mass is 32.2. The van der Waals surface area contributed by atoms with E-state index in [4.69, 9.17) is 9.47 Å². The van der Waals surface area contributed by atoms with Crippen LogP contribution < -0.4 is 10.1 Å². The van der Waals surface area contributed by atoms with Gasteiger partial charge in [0.05, 0.1) is 48.3 Å². The molecule has 1 aromatic carbocycles. The predicted octanol–water partition coefficient (Wildman–Crippen LogP) is 2.90. The summed E-state index contributed by atoms with van der Waals surface area (Å²) in [5, 5.41) is 15.2. The van der Waals surface area contributed by atoms with Crippen molar-refractivity contribution in [3.05, 3.63) is 39.4 Å². The molecule has 0 bridgehead atoms. The van der Waals surface area contributed by atoms with Crippen molar-refractivity contribution in [2.24, 2.45) is 0 Å². The zero-order chi connectivity index (χ0) is 19.8. The molecule has 0 aliphatic carbocycles. The lowest BCUT2D eigenvalue weighted by atomic mass is 10.2. The molecule has 27 heavy (non-hydrogen) atoms. The highest BCUT2D eigenvalue weighted by Gasteiger charge is 2.14. The molecule has 1 aromatic heterocycles. The summed E-state index contributed by atoms with van der Waals surface area (Å²) in [6.07, 6.45) is 0.0943.